The molecule has 4 heteroatoms. The molecule has 1 rings (SSSR count). The zero-order chi connectivity index (χ0) is 11.3. The Balaban J connectivity index is 3.01. The minimum Gasteiger partial charge on any atom is -0.494 e. The van der Waals surface area contributed by atoms with Crippen molar-refractivity contribution >= 4 is 16.8 Å². The molecule has 1 aromatic carbocycles. The molecule has 0 atom stereocenters. The van der Waals surface area contributed by atoms with Gasteiger partial charge in [-0.05, 0) is 36.2 Å². The smallest absolute Gasteiger partial charge is 0.252 e. The van der Waals surface area contributed by atoms with Gasteiger partial charge in [0.2, 0.25) is 0 Å². The lowest BCUT2D eigenvalue weighted by molar-refractivity contribution is 0.108. The number of ether oxygens (including phenoxy) is 1. The molecule has 78 valence electrons. The number of benzene rings is 1. The summed E-state index contributed by atoms with van der Waals surface area (Å²) in [6, 6.07) is 6.50. The van der Waals surface area contributed by atoms with Crippen LogP contribution >= 0.6 is 11.6 Å². The number of hydrogen-bond donors (Lipinski definition) is 0. The molecule has 3 nitrogen and oxygen atoms in total. The molecular weight excluding hydrogens is 214 g/mol. The van der Waals surface area contributed by atoms with Gasteiger partial charge in [-0.15, -0.1) is 0 Å². The van der Waals surface area contributed by atoms with Gasteiger partial charge in [-0.1, -0.05) is 6.92 Å². The van der Waals surface area contributed by atoms with Crippen LogP contribution in [-0.4, -0.2) is 11.8 Å². The fourth-order valence-electron chi connectivity index (χ4n) is 1.08. The summed E-state index contributed by atoms with van der Waals surface area (Å²) in [4.78, 5) is 10.9. The third-order valence-corrected chi connectivity index (χ3v) is 1.95. The summed E-state index contributed by atoms with van der Waals surface area (Å²) in [5.74, 6) is 0.500. The normalized spacial score (nSPS) is 9.40. The molecule has 0 amide bonds. The molecule has 0 saturated carbocycles. The zero-order valence-electron chi connectivity index (χ0n) is 8.29. The van der Waals surface area contributed by atoms with Crippen molar-refractivity contribution in [1.29, 1.82) is 5.26 Å². The molecule has 0 aliphatic carbocycles. The van der Waals surface area contributed by atoms with E-state index >= 15 is 0 Å². The first kappa shape index (κ1) is 11.5. The Labute approximate surface area is 93.2 Å². The lowest BCUT2D eigenvalue weighted by Crippen LogP contribution is -1.98. The fourth-order valence-corrected chi connectivity index (χ4v) is 1.19. The maximum Gasteiger partial charge on any atom is 0.252 e. The Morgan fingerprint density at radius 1 is 1.53 bits per heavy atom. The quantitative estimate of drug-likeness (QED) is 0.738. The third-order valence-electron chi connectivity index (χ3n) is 1.74. The Kier molecular flexibility index (Phi) is 4.14. The molecule has 0 N–H and O–H groups in total. The van der Waals surface area contributed by atoms with E-state index in [1.165, 1.54) is 12.1 Å². The standard InChI is InChI=1S/C11H10ClNO2/c1-2-3-15-10-5-8(7-13)4-9(6-10)11(12)14/h4-6H,2-3H2,1H3. The van der Waals surface area contributed by atoms with E-state index in [2.05, 4.69) is 0 Å². The molecule has 0 heterocycles. The van der Waals surface area contributed by atoms with E-state index in [0.717, 1.165) is 6.42 Å². The lowest BCUT2D eigenvalue weighted by atomic mass is 10.1. The number of rotatable bonds is 4. The average Bonchev–Trinajstić information content (AvgIpc) is 2.25. The van der Waals surface area contributed by atoms with Gasteiger partial charge < -0.3 is 4.74 Å². The van der Waals surface area contributed by atoms with Crippen molar-refractivity contribution in [1.82, 2.24) is 0 Å². The average molecular weight is 224 g/mol. The molecule has 0 aromatic heterocycles. The minimum atomic E-state index is -0.589. The van der Waals surface area contributed by atoms with Gasteiger partial charge in [0.15, 0.2) is 0 Å². The minimum absolute atomic E-state index is 0.279. The number of carbonyl (C=O) groups is 1. The molecule has 0 spiro atoms. The van der Waals surface area contributed by atoms with E-state index in [0.29, 0.717) is 17.9 Å². The second-order valence-corrected chi connectivity index (χ2v) is 3.32. The van der Waals surface area contributed by atoms with E-state index in [1.54, 1.807) is 6.07 Å². The molecule has 0 fully saturated rings. The SMILES string of the molecule is CCCOc1cc(C#N)cc(C(=O)Cl)c1. The van der Waals surface area contributed by atoms with E-state index in [-0.39, 0.29) is 5.56 Å². The van der Waals surface area contributed by atoms with Crippen molar-refractivity contribution in [3.8, 4) is 11.8 Å². The molecule has 0 saturated heterocycles. The van der Waals surface area contributed by atoms with Crippen LogP contribution in [0.1, 0.15) is 29.3 Å². The predicted octanol–water partition coefficient (Wildman–Crippen LogP) is 2.73. The summed E-state index contributed by atoms with van der Waals surface area (Å²) in [6.45, 7) is 2.52. The van der Waals surface area contributed by atoms with Crippen LogP contribution in [0.3, 0.4) is 0 Å². The molecule has 0 aliphatic rings. The molecule has 15 heavy (non-hydrogen) atoms. The maximum absolute atomic E-state index is 10.9. The highest BCUT2D eigenvalue weighted by molar-refractivity contribution is 6.67. The molecular formula is C11H10ClNO2. The predicted molar refractivity (Wildman–Crippen MR) is 57.1 cm³/mol. The second-order valence-electron chi connectivity index (χ2n) is 2.98. The molecule has 1 aromatic rings. The van der Waals surface area contributed by atoms with Crippen LogP contribution in [0.5, 0.6) is 5.75 Å². The van der Waals surface area contributed by atoms with Crippen LogP contribution in [-0.2, 0) is 0 Å². The Hall–Kier alpha value is -1.53. The summed E-state index contributed by atoms with van der Waals surface area (Å²) < 4.78 is 5.33. The summed E-state index contributed by atoms with van der Waals surface area (Å²) in [5, 5.41) is 8.14. The van der Waals surface area contributed by atoms with Gasteiger partial charge >= 0.3 is 0 Å². The zero-order valence-corrected chi connectivity index (χ0v) is 9.04. The van der Waals surface area contributed by atoms with Crippen molar-refractivity contribution in [2.24, 2.45) is 0 Å². The Bertz CT molecular complexity index is 410. The largest absolute Gasteiger partial charge is 0.494 e. The van der Waals surface area contributed by atoms with Crippen molar-refractivity contribution < 1.29 is 9.53 Å². The number of hydrogen-bond acceptors (Lipinski definition) is 3. The third kappa shape index (κ3) is 3.26. The number of halogens is 1. The first-order valence-electron chi connectivity index (χ1n) is 4.55. The van der Waals surface area contributed by atoms with E-state index in [4.69, 9.17) is 21.6 Å². The highest BCUT2D eigenvalue weighted by Crippen LogP contribution is 2.18. The van der Waals surface area contributed by atoms with Gasteiger partial charge in [-0.25, -0.2) is 0 Å². The first-order chi connectivity index (χ1) is 7.17. The van der Waals surface area contributed by atoms with Crippen LogP contribution < -0.4 is 4.74 Å². The van der Waals surface area contributed by atoms with E-state index < -0.39 is 5.24 Å². The molecule has 0 radical (unpaired) electrons. The van der Waals surface area contributed by atoms with Crippen LogP contribution in [0.25, 0.3) is 0 Å². The molecule has 0 bridgehead atoms. The lowest BCUT2D eigenvalue weighted by Gasteiger charge is -2.05. The van der Waals surface area contributed by atoms with E-state index in [1.807, 2.05) is 13.0 Å². The van der Waals surface area contributed by atoms with Crippen LogP contribution in [0, 0.1) is 11.3 Å². The van der Waals surface area contributed by atoms with Gasteiger partial charge in [-0.3, -0.25) is 4.79 Å². The van der Waals surface area contributed by atoms with Gasteiger partial charge in [0.05, 0.1) is 18.2 Å². The van der Waals surface area contributed by atoms with Gasteiger partial charge in [0, 0.05) is 5.56 Å². The van der Waals surface area contributed by atoms with Crippen molar-refractivity contribution in [2.45, 2.75) is 13.3 Å². The molecule has 0 unspecified atom stereocenters. The summed E-state index contributed by atoms with van der Waals surface area (Å²) in [6.07, 6.45) is 0.862. The highest BCUT2D eigenvalue weighted by atomic mass is 35.5. The topological polar surface area (TPSA) is 50.1 Å². The molecule has 0 aliphatic heterocycles. The van der Waals surface area contributed by atoms with Gasteiger partial charge in [-0.2, -0.15) is 5.26 Å². The highest BCUT2D eigenvalue weighted by Gasteiger charge is 2.06. The van der Waals surface area contributed by atoms with Crippen molar-refractivity contribution in [3.05, 3.63) is 29.3 Å². The summed E-state index contributed by atoms with van der Waals surface area (Å²) in [7, 11) is 0. The maximum atomic E-state index is 10.9. The van der Waals surface area contributed by atoms with E-state index in [9.17, 15) is 4.79 Å². The van der Waals surface area contributed by atoms with Gasteiger partial charge in [0.25, 0.3) is 5.24 Å². The number of nitrogens with zero attached hydrogens (tertiary/aromatic N) is 1. The number of nitriles is 1. The Morgan fingerprint density at radius 2 is 2.27 bits per heavy atom. The first-order valence-corrected chi connectivity index (χ1v) is 4.93. The van der Waals surface area contributed by atoms with Crippen LogP contribution in [0.15, 0.2) is 18.2 Å². The van der Waals surface area contributed by atoms with Gasteiger partial charge in [0.1, 0.15) is 5.75 Å². The van der Waals surface area contributed by atoms with Crippen molar-refractivity contribution in [2.75, 3.05) is 6.61 Å². The Morgan fingerprint density at radius 3 is 2.80 bits per heavy atom. The summed E-state index contributed by atoms with van der Waals surface area (Å²) in [5.41, 5.74) is 0.648. The summed E-state index contributed by atoms with van der Waals surface area (Å²) >= 11 is 5.33. The van der Waals surface area contributed by atoms with Crippen molar-refractivity contribution in [3.63, 3.8) is 0 Å². The monoisotopic (exact) mass is 223 g/mol. The number of carbonyl (C=O) groups excluding carboxylic acids is 1. The van der Waals surface area contributed by atoms with Crippen LogP contribution in [0.4, 0.5) is 0 Å². The fraction of sp³-hybridized carbons (Fsp3) is 0.273. The second kappa shape index (κ2) is 5.38. The van der Waals surface area contributed by atoms with Crippen LogP contribution in [0.2, 0.25) is 0 Å².